The van der Waals surface area contributed by atoms with Crippen molar-refractivity contribution in [2.75, 3.05) is 5.75 Å². The van der Waals surface area contributed by atoms with E-state index >= 15 is 0 Å². The molecule has 0 saturated carbocycles. The summed E-state index contributed by atoms with van der Waals surface area (Å²) in [5.41, 5.74) is 4.12. The van der Waals surface area contributed by atoms with Crippen molar-refractivity contribution in [2.45, 2.75) is 4.34 Å². The zero-order valence-corrected chi connectivity index (χ0v) is 14.5. The fourth-order valence-electron chi connectivity index (χ4n) is 1.96. The van der Waals surface area contributed by atoms with E-state index in [1.54, 1.807) is 23.5 Å². The van der Waals surface area contributed by atoms with Crippen molar-refractivity contribution in [3.63, 3.8) is 0 Å². The molecule has 1 N–H and O–H groups in total. The number of carboxylic acids is 1. The predicted octanol–water partition coefficient (Wildman–Crippen LogP) is 1.90. The van der Waals surface area contributed by atoms with Crippen molar-refractivity contribution in [1.82, 2.24) is 10.4 Å². The van der Waals surface area contributed by atoms with Gasteiger partial charge in [-0.25, -0.2) is 10.4 Å². The van der Waals surface area contributed by atoms with Crippen molar-refractivity contribution in [3.8, 4) is 0 Å². The third kappa shape index (κ3) is 4.65. The number of hydrazone groups is 1. The Hall–Kier alpha value is -2.71. The number of nitrogens with zero attached hydrogens (tertiary/aromatic N) is 2. The van der Waals surface area contributed by atoms with Gasteiger partial charge in [-0.05, 0) is 23.3 Å². The summed E-state index contributed by atoms with van der Waals surface area (Å²) in [7, 11) is 0. The molecule has 0 fully saturated rings. The number of fused-ring (bicyclic) bond motifs is 1. The predicted molar refractivity (Wildman–Crippen MR) is 96.9 cm³/mol. The standard InChI is InChI=1S/C17H13N3O3S2/c21-15(10-24-17-19-13-3-1-2-4-14(13)25-17)20-18-9-11-5-7-12(8-6-11)16(22)23/h1-9H,10H2,(H,20,21)(H,22,23)/p-1/b18-9-. The van der Waals surface area contributed by atoms with Gasteiger partial charge in [0.15, 0.2) is 4.34 Å². The fourth-order valence-corrected chi connectivity index (χ4v) is 3.82. The third-order valence-corrected chi connectivity index (χ3v) is 5.33. The summed E-state index contributed by atoms with van der Waals surface area (Å²) in [4.78, 5) is 26.9. The summed E-state index contributed by atoms with van der Waals surface area (Å²) in [6.07, 6.45) is 1.44. The van der Waals surface area contributed by atoms with E-state index in [0.29, 0.717) is 5.56 Å². The molecule has 25 heavy (non-hydrogen) atoms. The van der Waals surface area contributed by atoms with E-state index in [4.69, 9.17) is 0 Å². The highest BCUT2D eigenvalue weighted by atomic mass is 32.2. The maximum absolute atomic E-state index is 11.8. The van der Waals surface area contributed by atoms with Gasteiger partial charge in [-0.3, -0.25) is 4.79 Å². The molecule has 0 bridgehead atoms. The Bertz CT molecular complexity index is 903. The summed E-state index contributed by atoms with van der Waals surface area (Å²) >= 11 is 2.90. The number of carbonyl (C=O) groups excluding carboxylic acids is 2. The van der Waals surface area contributed by atoms with Gasteiger partial charge < -0.3 is 9.90 Å². The van der Waals surface area contributed by atoms with Gasteiger partial charge in [0.05, 0.1) is 28.2 Å². The van der Waals surface area contributed by atoms with Crippen molar-refractivity contribution in [2.24, 2.45) is 5.10 Å². The number of hydrogen-bond donors (Lipinski definition) is 1. The van der Waals surface area contributed by atoms with Gasteiger partial charge in [-0.15, -0.1) is 11.3 Å². The van der Waals surface area contributed by atoms with E-state index < -0.39 is 5.97 Å². The molecule has 6 nitrogen and oxygen atoms in total. The Labute approximate surface area is 151 Å². The maximum Gasteiger partial charge on any atom is 0.250 e. The molecule has 0 aliphatic heterocycles. The van der Waals surface area contributed by atoms with Crippen LogP contribution in [0.2, 0.25) is 0 Å². The molecule has 2 aromatic carbocycles. The average Bonchev–Trinajstić information content (AvgIpc) is 3.03. The molecule has 0 aliphatic rings. The molecule has 1 amide bonds. The van der Waals surface area contributed by atoms with Gasteiger partial charge in [-0.1, -0.05) is 48.2 Å². The minimum atomic E-state index is -1.23. The van der Waals surface area contributed by atoms with E-state index in [1.807, 2.05) is 24.3 Å². The number of aromatic carboxylic acids is 1. The minimum Gasteiger partial charge on any atom is -0.545 e. The Kier molecular flexibility index (Phi) is 5.42. The Balaban J connectivity index is 1.49. The first-order valence-corrected chi connectivity index (χ1v) is 9.04. The zero-order valence-electron chi connectivity index (χ0n) is 12.8. The molecule has 0 spiro atoms. The summed E-state index contributed by atoms with van der Waals surface area (Å²) in [5.74, 6) is -1.27. The number of amides is 1. The number of rotatable bonds is 6. The Morgan fingerprint density at radius 3 is 2.68 bits per heavy atom. The number of thioether (sulfide) groups is 1. The van der Waals surface area contributed by atoms with Gasteiger partial charge in [0, 0.05) is 0 Å². The van der Waals surface area contributed by atoms with Crippen LogP contribution in [0.5, 0.6) is 0 Å². The first-order chi connectivity index (χ1) is 12.1. The second-order valence-corrected chi connectivity index (χ2v) is 7.19. The van der Waals surface area contributed by atoms with E-state index in [-0.39, 0.29) is 17.2 Å². The lowest BCUT2D eigenvalue weighted by Crippen LogP contribution is -2.22. The van der Waals surface area contributed by atoms with Gasteiger partial charge in [0.2, 0.25) is 0 Å². The Morgan fingerprint density at radius 1 is 1.20 bits per heavy atom. The molecule has 1 heterocycles. The van der Waals surface area contributed by atoms with E-state index in [1.165, 1.54) is 30.1 Å². The molecule has 8 heteroatoms. The average molecular weight is 370 g/mol. The SMILES string of the molecule is O=C(CSc1nc2ccccc2s1)N/N=C\c1ccc(C(=O)[O-])cc1. The van der Waals surface area contributed by atoms with E-state index in [9.17, 15) is 14.7 Å². The summed E-state index contributed by atoms with van der Waals surface area (Å²) in [5, 5.41) is 14.5. The van der Waals surface area contributed by atoms with Crippen molar-refractivity contribution >= 4 is 51.4 Å². The molecule has 0 atom stereocenters. The van der Waals surface area contributed by atoms with Crippen LogP contribution in [-0.4, -0.2) is 28.8 Å². The molecule has 0 unspecified atom stereocenters. The lowest BCUT2D eigenvalue weighted by molar-refractivity contribution is -0.255. The molecule has 0 aliphatic carbocycles. The molecule has 3 rings (SSSR count). The van der Waals surface area contributed by atoms with Gasteiger partial charge in [0.1, 0.15) is 0 Å². The van der Waals surface area contributed by atoms with Gasteiger partial charge >= 0.3 is 0 Å². The van der Waals surface area contributed by atoms with Crippen LogP contribution in [-0.2, 0) is 4.79 Å². The van der Waals surface area contributed by atoms with Gasteiger partial charge in [0.25, 0.3) is 5.91 Å². The van der Waals surface area contributed by atoms with Crippen molar-refractivity contribution in [1.29, 1.82) is 0 Å². The van der Waals surface area contributed by atoms with Crippen LogP contribution >= 0.6 is 23.1 Å². The number of carbonyl (C=O) groups is 2. The maximum atomic E-state index is 11.8. The highest BCUT2D eigenvalue weighted by Crippen LogP contribution is 2.28. The number of thiazole rings is 1. The fraction of sp³-hybridized carbons (Fsp3) is 0.0588. The van der Waals surface area contributed by atoms with Crippen LogP contribution in [0.4, 0.5) is 0 Å². The third-order valence-electron chi connectivity index (χ3n) is 3.15. The molecular weight excluding hydrogens is 358 g/mol. The van der Waals surface area contributed by atoms with E-state index in [0.717, 1.165) is 14.6 Å². The molecule has 0 radical (unpaired) electrons. The van der Waals surface area contributed by atoms with Crippen LogP contribution in [0.15, 0.2) is 58.0 Å². The van der Waals surface area contributed by atoms with Crippen LogP contribution in [0.3, 0.4) is 0 Å². The van der Waals surface area contributed by atoms with E-state index in [2.05, 4.69) is 15.5 Å². The number of nitrogens with one attached hydrogen (secondary N) is 1. The van der Waals surface area contributed by atoms with Crippen LogP contribution in [0.25, 0.3) is 10.2 Å². The molecule has 126 valence electrons. The van der Waals surface area contributed by atoms with Crippen molar-refractivity contribution in [3.05, 3.63) is 59.7 Å². The summed E-state index contributed by atoms with van der Waals surface area (Å²) in [6, 6.07) is 13.8. The second-order valence-electron chi connectivity index (χ2n) is 4.94. The van der Waals surface area contributed by atoms with Gasteiger partial charge in [-0.2, -0.15) is 5.10 Å². The minimum absolute atomic E-state index is 0.0911. The lowest BCUT2D eigenvalue weighted by Gasteiger charge is -2.01. The number of benzene rings is 2. The lowest BCUT2D eigenvalue weighted by atomic mass is 10.1. The highest BCUT2D eigenvalue weighted by Gasteiger charge is 2.06. The van der Waals surface area contributed by atoms with Crippen LogP contribution in [0.1, 0.15) is 15.9 Å². The number of hydrogen-bond acceptors (Lipinski definition) is 7. The highest BCUT2D eigenvalue weighted by molar-refractivity contribution is 8.01. The summed E-state index contributed by atoms with van der Waals surface area (Å²) < 4.78 is 1.92. The topological polar surface area (TPSA) is 94.5 Å². The number of aromatic nitrogens is 1. The molecule has 1 aromatic heterocycles. The molecular formula is C17H12N3O3S2-. The molecule has 0 saturated heterocycles. The normalized spacial score (nSPS) is 11.0. The van der Waals surface area contributed by atoms with Crippen molar-refractivity contribution < 1.29 is 14.7 Å². The summed E-state index contributed by atoms with van der Waals surface area (Å²) in [6.45, 7) is 0. The van der Waals surface area contributed by atoms with Crippen LogP contribution < -0.4 is 10.5 Å². The monoisotopic (exact) mass is 370 g/mol. The quantitative estimate of drug-likeness (QED) is 0.406. The zero-order chi connectivity index (χ0) is 17.6. The second kappa shape index (κ2) is 7.91. The smallest absolute Gasteiger partial charge is 0.250 e. The first kappa shape index (κ1) is 17.1. The first-order valence-electron chi connectivity index (χ1n) is 7.23. The van der Waals surface area contributed by atoms with Crippen LogP contribution in [0, 0.1) is 0 Å². The molecule has 3 aromatic rings. The Morgan fingerprint density at radius 2 is 1.96 bits per heavy atom. The largest absolute Gasteiger partial charge is 0.545 e. The number of para-hydroxylation sites is 1. The number of carboxylic acid groups (broad SMARTS) is 1.